The molecule has 0 aromatic heterocycles. The van der Waals surface area contributed by atoms with E-state index >= 15 is 0 Å². The first-order valence-corrected chi connectivity index (χ1v) is 6.11. The van der Waals surface area contributed by atoms with E-state index in [4.69, 9.17) is 0 Å². The maximum atomic E-state index is 10.1. The minimum atomic E-state index is -0.321. The van der Waals surface area contributed by atoms with Crippen LogP contribution in [-0.2, 0) is 0 Å². The van der Waals surface area contributed by atoms with Gasteiger partial charge in [0.25, 0.3) is 0 Å². The molecule has 0 aliphatic rings. The van der Waals surface area contributed by atoms with Gasteiger partial charge in [-0.15, -0.1) is 0 Å². The molecule has 0 fully saturated rings. The van der Waals surface area contributed by atoms with Crippen molar-refractivity contribution in [2.75, 3.05) is 0 Å². The van der Waals surface area contributed by atoms with Crippen molar-refractivity contribution < 1.29 is 5.11 Å². The Labute approximate surface area is 99.5 Å². The van der Waals surface area contributed by atoms with Gasteiger partial charge in [-0.05, 0) is 29.7 Å². The molecule has 2 atom stereocenters. The molecule has 1 heteroatoms. The first kappa shape index (κ1) is 13.2. The Hall–Kier alpha value is -0.820. The molecule has 1 nitrogen and oxygen atoms in total. The maximum absolute atomic E-state index is 10.1. The normalized spacial score (nSPS) is 15.8. The van der Waals surface area contributed by atoms with Gasteiger partial charge in [-0.2, -0.15) is 0 Å². The summed E-state index contributed by atoms with van der Waals surface area (Å²) in [6.45, 7) is 8.96. The zero-order valence-electron chi connectivity index (χ0n) is 10.9. The van der Waals surface area contributed by atoms with E-state index in [1.165, 1.54) is 0 Å². The summed E-state index contributed by atoms with van der Waals surface area (Å²) in [7, 11) is 0. The summed E-state index contributed by atoms with van der Waals surface area (Å²) in [6, 6.07) is 9.93. The zero-order chi connectivity index (χ0) is 12.2. The maximum Gasteiger partial charge on any atom is 0.0792 e. The molecule has 0 radical (unpaired) electrons. The van der Waals surface area contributed by atoms with E-state index in [9.17, 15) is 5.11 Å². The molecule has 1 rings (SSSR count). The second-order valence-electron chi connectivity index (χ2n) is 6.03. The second-order valence-corrected chi connectivity index (χ2v) is 6.03. The fourth-order valence-corrected chi connectivity index (χ4v) is 2.32. The molecule has 0 aliphatic carbocycles. The average molecular weight is 220 g/mol. The number of benzene rings is 1. The highest BCUT2D eigenvalue weighted by Gasteiger charge is 2.18. The first-order chi connectivity index (χ1) is 7.38. The second kappa shape index (κ2) is 5.49. The van der Waals surface area contributed by atoms with Gasteiger partial charge >= 0.3 is 0 Å². The molecule has 0 bridgehead atoms. The molecule has 2 unspecified atom stereocenters. The van der Waals surface area contributed by atoms with Crippen molar-refractivity contribution >= 4 is 0 Å². The molecular weight excluding hydrogens is 196 g/mol. The van der Waals surface area contributed by atoms with Crippen LogP contribution in [0.25, 0.3) is 0 Å². The lowest BCUT2D eigenvalue weighted by Gasteiger charge is -2.25. The van der Waals surface area contributed by atoms with Gasteiger partial charge in [0.05, 0.1) is 6.10 Å². The molecule has 0 spiro atoms. The summed E-state index contributed by atoms with van der Waals surface area (Å²) in [5.41, 5.74) is 1.37. The van der Waals surface area contributed by atoms with Gasteiger partial charge in [0.2, 0.25) is 0 Å². The van der Waals surface area contributed by atoms with Crippen molar-refractivity contribution in [3.8, 4) is 0 Å². The molecule has 1 N–H and O–H groups in total. The monoisotopic (exact) mass is 220 g/mol. The van der Waals surface area contributed by atoms with E-state index in [1.54, 1.807) is 0 Å². The third kappa shape index (κ3) is 4.80. The van der Waals surface area contributed by atoms with Gasteiger partial charge in [-0.25, -0.2) is 0 Å². The largest absolute Gasteiger partial charge is 0.388 e. The van der Waals surface area contributed by atoms with Crippen molar-refractivity contribution in [2.45, 2.75) is 46.6 Å². The predicted octanol–water partition coefficient (Wildman–Crippen LogP) is 4.18. The third-order valence-electron chi connectivity index (χ3n) is 2.77. The smallest absolute Gasteiger partial charge is 0.0792 e. The number of rotatable bonds is 4. The highest BCUT2D eigenvalue weighted by Crippen LogP contribution is 2.30. The van der Waals surface area contributed by atoms with Crippen LogP contribution in [-0.4, -0.2) is 5.11 Å². The van der Waals surface area contributed by atoms with E-state index in [-0.39, 0.29) is 6.10 Å². The van der Waals surface area contributed by atoms with Crippen LogP contribution in [0.5, 0.6) is 0 Å². The summed E-state index contributed by atoms with van der Waals surface area (Å²) in [5, 5.41) is 10.1. The Morgan fingerprint density at radius 2 is 1.69 bits per heavy atom. The molecular formula is C15H24O. The van der Waals surface area contributed by atoms with E-state index in [2.05, 4.69) is 27.7 Å². The van der Waals surface area contributed by atoms with Gasteiger partial charge in [0.1, 0.15) is 0 Å². The lowest BCUT2D eigenvalue weighted by Crippen LogP contribution is -2.13. The van der Waals surface area contributed by atoms with E-state index in [0.29, 0.717) is 11.3 Å². The van der Waals surface area contributed by atoms with Gasteiger partial charge in [-0.3, -0.25) is 0 Å². The van der Waals surface area contributed by atoms with E-state index in [0.717, 1.165) is 18.4 Å². The predicted molar refractivity (Wildman–Crippen MR) is 69.3 cm³/mol. The first-order valence-electron chi connectivity index (χ1n) is 6.11. The van der Waals surface area contributed by atoms with Crippen LogP contribution in [0.2, 0.25) is 0 Å². The molecule has 1 aromatic rings. The molecule has 0 amide bonds. The molecule has 90 valence electrons. The van der Waals surface area contributed by atoms with E-state index < -0.39 is 0 Å². The Bertz CT molecular complexity index is 297. The van der Waals surface area contributed by atoms with Crippen molar-refractivity contribution in [3.05, 3.63) is 35.9 Å². The van der Waals surface area contributed by atoms with Gasteiger partial charge in [0, 0.05) is 0 Å². The Morgan fingerprint density at radius 1 is 1.12 bits per heavy atom. The lowest BCUT2D eigenvalue weighted by molar-refractivity contribution is 0.134. The van der Waals surface area contributed by atoms with Crippen LogP contribution in [0.3, 0.4) is 0 Å². The number of aliphatic hydroxyl groups is 1. The van der Waals surface area contributed by atoms with Gasteiger partial charge < -0.3 is 5.11 Å². The summed E-state index contributed by atoms with van der Waals surface area (Å²) >= 11 is 0. The number of aliphatic hydroxyl groups excluding tert-OH is 1. The summed E-state index contributed by atoms with van der Waals surface area (Å²) in [5.74, 6) is 0.551. The Kier molecular flexibility index (Phi) is 4.55. The van der Waals surface area contributed by atoms with Crippen LogP contribution >= 0.6 is 0 Å². The average Bonchev–Trinajstić information content (AvgIpc) is 2.16. The number of hydrogen-bond acceptors (Lipinski definition) is 1. The molecule has 0 aliphatic heterocycles. The van der Waals surface area contributed by atoms with Crippen molar-refractivity contribution in [2.24, 2.45) is 11.3 Å². The highest BCUT2D eigenvalue weighted by molar-refractivity contribution is 5.17. The van der Waals surface area contributed by atoms with Crippen LogP contribution in [0, 0.1) is 11.3 Å². The Balaban J connectivity index is 2.49. The molecule has 0 saturated heterocycles. The lowest BCUT2D eigenvalue weighted by atomic mass is 9.82. The van der Waals surface area contributed by atoms with Crippen molar-refractivity contribution in [3.63, 3.8) is 0 Å². The molecule has 1 aromatic carbocycles. The van der Waals surface area contributed by atoms with Crippen LogP contribution < -0.4 is 0 Å². The van der Waals surface area contributed by atoms with Crippen molar-refractivity contribution in [1.29, 1.82) is 0 Å². The van der Waals surface area contributed by atoms with Gasteiger partial charge in [0.15, 0.2) is 0 Å². The van der Waals surface area contributed by atoms with Gasteiger partial charge in [-0.1, -0.05) is 58.0 Å². The summed E-state index contributed by atoms with van der Waals surface area (Å²) in [4.78, 5) is 0. The van der Waals surface area contributed by atoms with Crippen molar-refractivity contribution in [1.82, 2.24) is 0 Å². The highest BCUT2D eigenvalue weighted by atomic mass is 16.3. The minimum absolute atomic E-state index is 0.321. The Morgan fingerprint density at radius 3 is 2.19 bits per heavy atom. The molecule has 0 saturated carbocycles. The van der Waals surface area contributed by atoms with Crippen LogP contribution in [0.15, 0.2) is 30.3 Å². The standard InChI is InChI=1S/C15H24O/c1-12(11-15(2,3)4)10-14(16)13-8-6-5-7-9-13/h5-9,12,14,16H,10-11H2,1-4H3. The van der Waals surface area contributed by atoms with Crippen LogP contribution in [0.1, 0.15) is 52.2 Å². The zero-order valence-corrected chi connectivity index (χ0v) is 10.9. The minimum Gasteiger partial charge on any atom is -0.388 e. The molecule has 16 heavy (non-hydrogen) atoms. The number of hydrogen-bond donors (Lipinski definition) is 1. The fraction of sp³-hybridized carbons (Fsp3) is 0.600. The summed E-state index contributed by atoms with van der Waals surface area (Å²) in [6.07, 6.45) is 1.68. The van der Waals surface area contributed by atoms with Crippen LogP contribution in [0.4, 0.5) is 0 Å². The summed E-state index contributed by atoms with van der Waals surface area (Å²) < 4.78 is 0. The van der Waals surface area contributed by atoms with E-state index in [1.807, 2.05) is 30.3 Å². The molecule has 0 heterocycles. The third-order valence-corrected chi connectivity index (χ3v) is 2.77. The quantitative estimate of drug-likeness (QED) is 0.807. The fourth-order valence-electron chi connectivity index (χ4n) is 2.32. The SMILES string of the molecule is CC(CC(O)c1ccccc1)CC(C)(C)C. The topological polar surface area (TPSA) is 20.2 Å².